The molecule has 2 N–H and O–H groups in total. The van der Waals surface area contributed by atoms with Gasteiger partial charge in [-0.15, -0.1) is 11.6 Å². The van der Waals surface area contributed by atoms with Gasteiger partial charge in [-0.3, -0.25) is 10.1 Å². The number of rotatable bonds is 4. The highest BCUT2D eigenvalue weighted by atomic mass is 35.5. The first-order valence-electron chi connectivity index (χ1n) is 5.05. The van der Waals surface area contributed by atoms with Crippen molar-refractivity contribution in [1.29, 1.82) is 0 Å². The van der Waals surface area contributed by atoms with Crippen molar-refractivity contribution >= 4 is 23.5 Å². The molecule has 0 saturated heterocycles. The van der Waals surface area contributed by atoms with Crippen molar-refractivity contribution in [3.05, 3.63) is 0 Å². The quantitative estimate of drug-likeness (QED) is 0.732. The molecule has 0 spiro atoms. The first-order valence-corrected chi connectivity index (χ1v) is 5.49. The summed E-state index contributed by atoms with van der Waals surface area (Å²) in [6.07, 6.45) is 1.82. The Kier molecular flexibility index (Phi) is 5.65. The number of carbonyl (C=O) groups is 2. The first-order chi connectivity index (χ1) is 6.78. The fraction of sp³-hybridized carbons (Fsp3) is 0.800. The number of urea groups is 1. The smallest absolute Gasteiger partial charge is 0.321 e. The van der Waals surface area contributed by atoms with Crippen molar-refractivity contribution in [1.82, 2.24) is 10.6 Å². The predicted molar refractivity (Wildman–Crippen MR) is 61.0 cm³/mol. The highest BCUT2D eigenvalue weighted by Gasteiger charge is 2.21. The van der Waals surface area contributed by atoms with Crippen LogP contribution < -0.4 is 10.6 Å². The zero-order valence-electron chi connectivity index (χ0n) is 9.69. The molecule has 1 unspecified atom stereocenters. The van der Waals surface area contributed by atoms with Gasteiger partial charge >= 0.3 is 6.03 Å². The van der Waals surface area contributed by atoms with E-state index in [0.29, 0.717) is 0 Å². The topological polar surface area (TPSA) is 58.2 Å². The van der Waals surface area contributed by atoms with E-state index in [1.165, 1.54) is 6.92 Å². The van der Waals surface area contributed by atoms with Crippen LogP contribution >= 0.6 is 11.6 Å². The van der Waals surface area contributed by atoms with Crippen LogP contribution in [0.5, 0.6) is 0 Å². The lowest BCUT2D eigenvalue weighted by Crippen LogP contribution is -2.50. The van der Waals surface area contributed by atoms with Crippen LogP contribution in [-0.4, -0.2) is 22.9 Å². The standard InChI is InChI=1S/C10H19ClN2O2/c1-5-6-10(3,4)13-9(15)12-8(14)7(2)11/h7H,5-6H2,1-4H3,(H2,12,13,14,15). The third-order valence-corrected chi connectivity index (χ3v) is 2.12. The van der Waals surface area contributed by atoms with E-state index in [1.54, 1.807) is 0 Å². The van der Waals surface area contributed by atoms with Gasteiger partial charge in [0.25, 0.3) is 0 Å². The zero-order chi connectivity index (χ0) is 12.1. The number of alkyl halides is 1. The van der Waals surface area contributed by atoms with Gasteiger partial charge in [0.15, 0.2) is 0 Å². The molecule has 3 amide bonds. The van der Waals surface area contributed by atoms with Crippen molar-refractivity contribution in [2.45, 2.75) is 51.5 Å². The van der Waals surface area contributed by atoms with E-state index >= 15 is 0 Å². The second-order valence-electron chi connectivity index (χ2n) is 4.19. The molecular weight excluding hydrogens is 216 g/mol. The van der Waals surface area contributed by atoms with Gasteiger partial charge in [0.2, 0.25) is 5.91 Å². The van der Waals surface area contributed by atoms with E-state index in [9.17, 15) is 9.59 Å². The van der Waals surface area contributed by atoms with Crippen LogP contribution in [0, 0.1) is 0 Å². The van der Waals surface area contributed by atoms with Crippen molar-refractivity contribution < 1.29 is 9.59 Å². The Bertz CT molecular complexity index is 240. The third-order valence-electron chi connectivity index (χ3n) is 1.92. The number of imide groups is 1. The van der Waals surface area contributed by atoms with E-state index in [4.69, 9.17) is 11.6 Å². The lowest BCUT2D eigenvalue weighted by atomic mass is 9.99. The Balaban J connectivity index is 4.09. The molecule has 5 heteroatoms. The van der Waals surface area contributed by atoms with Crippen molar-refractivity contribution in [2.75, 3.05) is 0 Å². The van der Waals surface area contributed by atoms with E-state index in [2.05, 4.69) is 10.6 Å². The predicted octanol–water partition coefficient (Wildman–Crippen LogP) is 2.02. The molecule has 0 aliphatic carbocycles. The molecule has 0 saturated carbocycles. The molecule has 0 aromatic heterocycles. The van der Waals surface area contributed by atoms with E-state index in [0.717, 1.165) is 12.8 Å². The highest BCUT2D eigenvalue weighted by Crippen LogP contribution is 2.10. The summed E-state index contributed by atoms with van der Waals surface area (Å²) < 4.78 is 0. The summed E-state index contributed by atoms with van der Waals surface area (Å²) in [5.41, 5.74) is -0.311. The summed E-state index contributed by atoms with van der Waals surface area (Å²) in [7, 11) is 0. The highest BCUT2D eigenvalue weighted by molar-refractivity contribution is 6.31. The van der Waals surface area contributed by atoms with Crippen LogP contribution in [0.4, 0.5) is 4.79 Å². The average molecular weight is 235 g/mol. The molecule has 0 heterocycles. The molecule has 4 nitrogen and oxygen atoms in total. The van der Waals surface area contributed by atoms with Gasteiger partial charge in [-0.2, -0.15) is 0 Å². The van der Waals surface area contributed by atoms with Gasteiger partial charge in [0.05, 0.1) is 0 Å². The van der Waals surface area contributed by atoms with Crippen LogP contribution in [0.1, 0.15) is 40.5 Å². The molecule has 0 fully saturated rings. The fourth-order valence-electron chi connectivity index (χ4n) is 1.24. The monoisotopic (exact) mass is 234 g/mol. The molecule has 0 aromatic rings. The molecule has 0 aliphatic heterocycles. The summed E-state index contributed by atoms with van der Waals surface area (Å²) in [6.45, 7) is 7.37. The fourth-order valence-corrected chi connectivity index (χ4v) is 1.29. The van der Waals surface area contributed by atoms with Crippen LogP contribution in [-0.2, 0) is 4.79 Å². The summed E-state index contributed by atoms with van der Waals surface area (Å²) in [6, 6.07) is -0.494. The van der Waals surface area contributed by atoms with E-state index in [1.807, 2.05) is 20.8 Å². The lowest BCUT2D eigenvalue weighted by molar-refractivity contribution is -0.119. The summed E-state index contributed by atoms with van der Waals surface area (Å²) in [5.74, 6) is -0.485. The maximum absolute atomic E-state index is 11.3. The molecule has 0 rings (SSSR count). The lowest BCUT2D eigenvalue weighted by Gasteiger charge is -2.25. The van der Waals surface area contributed by atoms with Gasteiger partial charge in [-0.25, -0.2) is 4.79 Å². The molecule has 88 valence electrons. The zero-order valence-corrected chi connectivity index (χ0v) is 10.4. The summed E-state index contributed by atoms with van der Waals surface area (Å²) in [4.78, 5) is 22.4. The second kappa shape index (κ2) is 5.95. The largest absolute Gasteiger partial charge is 0.333 e. The maximum atomic E-state index is 11.3. The minimum absolute atomic E-state index is 0.311. The Morgan fingerprint density at radius 3 is 2.33 bits per heavy atom. The minimum Gasteiger partial charge on any atom is -0.333 e. The van der Waals surface area contributed by atoms with Crippen LogP contribution in [0.25, 0.3) is 0 Å². The number of amides is 3. The van der Waals surface area contributed by atoms with Gasteiger partial charge in [-0.1, -0.05) is 13.3 Å². The van der Waals surface area contributed by atoms with Crippen molar-refractivity contribution in [2.24, 2.45) is 0 Å². The molecule has 0 radical (unpaired) electrons. The number of hydrogen-bond donors (Lipinski definition) is 2. The molecular formula is C10H19ClN2O2. The first kappa shape index (κ1) is 14.2. The molecule has 1 atom stereocenters. The maximum Gasteiger partial charge on any atom is 0.321 e. The Hall–Kier alpha value is -0.770. The Morgan fingerprint density at radius 1 is 1.40 bits per heavy atom. The summed E-state index contributed by atoms with van der Waals surface area (Å²) >= 11 is 5.51. The van der Waals surface area contributed by atoms with Crippen molar-refractivity contribution in [3.8, 4) is 0 Å². The Morgan fingerprint density at radius 2 is 1.93 bits per heavy atom. The van der Waals surface area contributed by atoms with Crippen LogP contribution in [0.3, 0.4) is 0 Å². The number of hydrogen-bond acceptors (Lipinski definition) is 2. The van der Waals surface area contributed by atoms with E-state index < -0.39 is 17.3 Å². The second-order valence-corrected chi connectivity index (χ2v) is 4.85. The number of halogens is 1. The number of nitrogens with one attached hydrogen (secondary N) is 2. The normalized spacial score (nSPS) is 13.1. The van der Waals surface area contributed by atoms with Crippen molar-refractivity contribution in [3.63, 3.8) is 0 Å². The van der Waals surface area contributed by atoms with Crippen LogP contribution in [0.15, 0.2) is 0 Å². The van der Waals surface area contributed by atoms with Gasteiger partial charge in [0.1, 0.15) is 5.38 Å². The third kappa shape index (κ3) is 6.33. The Labute approximate surface area is 95.7 Å². The van der Waals surface area contributed by atoms with Gasteiger partial charge in [0, 0.05) is 5.54 Å². The SMILES string of the molecule is CCCC(C)(C)NC(=O)NC(=O)C(C)Cl. The van der Waals surface area contributed by atoms with E-state index in [-0.39, 0.29) is 5.54 Å². The molecule has 0 bridgehead atoms. The van der Waals surface area contributed by atoms with Gasteiger partial charge < -0.3 is 5.32 Å². The molecule has 0 aliphatic rings. The molecule has 0 aromatic carbocycles. The number of carbonyl (C=O) groups excluding carboxylic acids is 2. The van der Waals surface area contributed by atoms with Crippen LogP contribution in [0.2, 0.25) is 0 Å². The minimum atomic E-state index is -0.704. The average Bonchev–Trinajstić information content (AvgIpc) is 2.01. The van der Waals surface area contributed by atoms with Gasteiger partial charge in [-0.05, 0) is 27.2 Å². The summed E-state index contributed by atoms with van der Waals surface area (Å²) in [5, 5.41) is 4.18. The molecule has 15 heavy (non-hydrogen) atoms.